The summed E-state index contributed by atoms with van der Waals surface area (Å²) in [6.45, 7) is 2.50. The number of hydrogen-bond acceptors (Lipinski definition) is 3. The Hall–Kier alpha value is -2.04. The number of likely N-dealkylation sites (tertiary alicyclic amines) is 1. The molecule has 5 heteroatoms. The molecular formula is C15H21N3O2. The van der Waals surface area contributed by atoms with Crippen molar-refractivity contribution in [2.45, 2.75) is 32.2 Å². The molecule has 0 bridgehead atoms. The van der Waals surface area contributed by atoms with Crippen molar-refractivity contribution in [1.82, 2.24) is 10.2 Å². The van der Waals surface area contributed by atoms with E-state index >= 15 is 0 Å². The van der Waals surface area contributed by atoms with Crippen molar-refractivity contribution in [3.63, 3.8) is 0 Å². The lowest BCUT2D eigenvalue weighted by Gasteiger charge is -2.34. The quantitative estimate of drug-likeness (QED) is 0.799. The molecule has 3 N–H and O–H groups in total. The third kappa shape index (κ3) is 2.76. The van der Waals surface area contributed by atoms with Crippen LogP contribution in [0.15, 0.2) is 18.2 Å². The van der Waals surface area contributed by atoms with Crippen LogP contribution < -0.4 is 11.1 Å². The number of likely N-dealkylation sites (N-methyl/N-ethyl adjacent to an activating group) is 1. The molecule has 0 radical (unpaired) electrons. The maximum absolute atomic E-state index is 12.6. The van der Waals surface area contributed by atoms with Crippen molar-refractivity contribution >= 4 is 17.5 Å². The van der Waals surface area contributed by atoms with Crippen LogP contribution in [-0.2, 0) is 4.79 Å². The molecule has 1 aliphatic heterocycles. The second kappa shape index (κ2) is 5.94. The van der Waals surface area contributed by atoms with E-state index in [1.807, 2.05) is 6.92 Å². The molecule has 0 saturated carbocycles. The Balaban J connectivity index is 2.25. The average molecular weight is 275 g/mol. The lowest BCUT2D eigenvalue weighted by atomic mass is 9.99. The van der Waals surface area contributed by atoms with Crippen LogP contribution in [0.25, 0.3) is 0 Å². The number of nitrogens with two attached hydrogens (primary N) is 1. The fourth-order valence-electron chi connectivity index (χ4n) is 2.59. The Morgan fingerprint density at radius 1 is 1.35 bits per heavy atom. The molecule has 1 aromatic carbocycles. The number of benzene rings is 1. The van der Waals surface area contributed by atoms with Gasteiger partial charge in [0.15, 0.2) is 0 Å². The van der Waals surface area contributed by atoms with Gasteiger partial charge in [0.05, 0.1) is 0 Å². The van der Waals surface area contributed by atoms with Crippen LogP contribution in [0, 0.1) is 6.92 Å². The zero-order valence-corrected chi connectivity index (χ0v) is 12.0. The molecule has 0 aliphatic carbocycles. The minimum Gasteiger partial charge on any atom is -0.399 e. The highest BCUT2D eigenvalue weighted by atomic mass is 16.2. The fourth-order valence-corrected chi connectivity index (χ4v) is 2.59. The number of aryl methyl sites for hydroxylation is 1. The van der Waals surface area contributed by atoms with Crippen molar-refractivity contribution in [3.05, 3.63) is 29.3 Å². The predicted molar refractivity (Wildman–Crippen MR) is 78.3 cm³/mol. The molecule has 1 atom stereocenters. The van der Waals surface area contributed by atoms with Crippen molar-refractivity contribution in [3.8, 4) is 0 Å². The van der Waals surface area contributed by atoms with Crippen LogP contribution in [0.2, 0.25) is 0 Å². The van der Waals surface area contributed by atoms with Gasteiger partial charge in [0.2, 0.25) is 5.91 Å². The maximum atomic E-state index is 12.6. The number of carbonyl (C=O) groups is 2. The number of nitrogen functional groups attached to an aromatic ring is 1. The predicted octanol–water partition coefficient (Wildman–Crippen LogP) is 1.32. The van der Waals surface area contributed by atoms with E-state index in [4.69, 9.17) is 5.73 Å². The number of nitrogens with one attached hydrogen (secondary N) is 1. The van der Waals surface area contributed by atoms with Crippen molar-refractivity contribution in [2.24, 2.45) is 0 Å². The van der Waals surface area contributed by atoms with Gasteiger partial charge < -0.3 is 16.0 Å². The van der Waals surface area contributed by atoms with E-state index in [-0.39, 0.29) is 17.9 Å². The van der Waals surface area contributed by atoms with Gasteiger partial charge in [-0.2, -0.15) is 0 Å². The third-order valence-corrected chi connectivity index (χ3v) is 3.83. The van der Waals surface area contributed by atoms with Crippen molar-refractivity contribution in [1.29, 1.82) is 0 Å². The van der Waals surface area contributed by atoms with Gasteiger partial charge in [0.25, 0.3) is 5.91 Å². The largest absolute Gasteiger partial charge is 0.399 e. The summed E-state index contributed by atoms with van der Waals surface area (Å²) in [6.07, 6.45) is 2.63. The van der Waals surface area contributed by atoms with Crippen LogP contribution in [0.5, 0.6) is 0 Å². The summed E-state index contributed by atoms with van der Waals surface area (Å²) in [7, 11) is 1.60. The molecule has 0 aromatic heterocycles. The SMILES string of the molecule is CNC(=O)C1CCCCN1C(=O)c1ccc(N)c(C)c1. The van der Waals surface area contributed by atoms with Crippen LogP contribution in [0.1, 0.15) is 35.2 Å². The molecule has 1 heterocycles. The number of hydrogen-bond donors (Lipinski definition) is 2. The van der Waals surface area contributed by atoms with E-state index in [0.29, 0.717) is 17.8 Å². The van der Waals surface area contributed by atoms with Crippen LogP contribution in [-0.4, -0.2) is 36.3 Å². The molecule has 5 nitrogen and oxygen atoms in total. The van der Waals surface area contributed by atoms with Crippen LogP contribution >= 0.6 is 0 Å². The van der Waals surface area contributed by atoms with Crippen molar-refractivity contribution < 1.29 is 9.59 Å². The Morgan fingerprint density at radius 2 is 2.10 bits per heavy atom. The smallest absolute Gasteiger partial charge is 0.254 e. The molecule has 1 aromatic rings. The molecular weight excluding hydrogens is 254 g/mol. The number of anilines is 1. The molecule has 0 spiro atoms. The topological polar surface area (TPSA) is 75.4 Å². The highest BCUT2D eigenvalue weighted by Gasteiger charge is 2.32. The average Bonchev–Trinajstić information content (AvgIpc) is 2.48. The first kappa shape index (κ1) is 14.4. The number of nitrogens with zero attached hydrogens (tertiary/aromatic N) is 1. The van der Waals surface area contributed by atoms with Gasteiger partial charge in [-0.3, -0.25) is 9.59 Å². The van der Waals surface area contributed by atoms with Gasteiger partial charge in [0.1, 0.15) is 6.04 Å². The summed E-state index contributed by atoms with van der Waals surface area (Å²) in [5.74, 6) is -0.188. The van der Waals surface area contributed by atoms with E-state index < -0.39 is 0 Å². The van der Waals surface area contributed by atoms with Gasteiger partial charge in [-0.25, -0.2) is 0 Å². The van der Waals surface area contributed by atoms with Gasteiger partial charge in [-0.05, 0) is 49.9 Å². The summed E-state index contributed by atoms with van der Waals surface area (Å²) in [4.78, 5) is 26.2. The van der Waals surface area contributed by atoms with E-state index in [9.17, 15) is 9.59 Å². The fraction of sp³-hybridized carbons (Fsp3) is 0.467. The summed E-state index contributed by atoms with van der Waals surface area (Å²) in [5, 5.41) is 2.64. The molecule has 1 saturated heterocycles. The second-order valence-electron chi connectivity index (χ2n) is 5.20. The first-order valence-electron chi connectivity index (χ1n) is 6.93. The molecule has 20 heavy (non-hydrogen) atoms. The van der Waals surface area contributed by atoms with E-state index in [1.165, 1.54) is 0 Å². The highest BCUT2D eigenvalue weighted by molar-refractivity contribution is 5.98. The third-order valence-electron chi connectivity index (χ3n) is 3.83. The number of amides is 2. The highest BCUT2D eigenvalue weighted by Crippen LogP contribution is 2.21. The monoisotopic (exact) mass is 275 g/mol. The lowest BCUT2D eigenvalue weighted by molar-refractivity contribution is -0.126. The molecule has 108 valence electrons. The number of piperidine rings is 1. The summed E-state index contributed by atoms with van der Waals surface area (Å²) >= 11 is 0. The Bertz CT molecular complexity index is 528. The van der Waals surface area contributed by atoms with Crippen molar-refractivity contribution in [2.75, 3.05) is 19.3 Å². The normalized spacial score (nSPS) is 18.7. The van der Waals surface area contributed by atoms with E-state index in [1.54, 1.807) is 30.1 Å². The Labute approximate surface area is 119 Å². The van der Waals surface area contributed by atoms with Gasteiger partial charge in [0, 0.05) is 24.8 Å². The minimum absolute atomic E-state index is 0.0924. The first-order chi connectivity index (χ1) is 9.54. The van der Waals surface area contributed by atoms with Crippen LogP contribution in [0.3, 0.4) is 0 Å². The van der Waals surface area contributed by atoms with E-state index in [2.05, 4.69) is 5.32 Å². The number of carbonyl (C=O) groups excluding carboxylic acids is 2. The maximum Gasteiger partial charge on any atom is 0.254 e. The molecule has 1 fully saturated rings. The molecule has 1 unspecified atom stereocenters. The molecule has 1 aliphatic rings. The molecule has 2 rings (SSSR count). The Kier molecular flexibility index (Phi) is 4.27. The van der Waals surface area contributed by atoms with Crippen LogP contribution in [0.4, 0.5) is 5.69 Å². The summed E-state index contributed by atoms with van der Waals surface area (Å²) in [6, 6.07) is 4.88. The van der Waals surface area contributed by atoms with Gasteiger partial charge in [-0.15, -0.1) is 0 Å². The van der Waals surface area contributed by atoms with Gasteiger partial charge in [-0.1, -0.05) is 0 Å². The van der Waals surface area contributed by atoms with Gasteiger partial charge >= 0.3 is 0 Å². The van der Waals surface area contributed by atoms with E-state index in [0.717, 1.165) is 24.8 Å². The standard InChI is InChI=1S/C15H21N3O2/c1-10-9-11(6-7-12(10)16)15(20)18-8-4-3-5-13(18)14(19)17-2/h6-7,9,13H,3-5,8,16H2,1-2H3,(H,17,19). The molecule has 2 amide bonds. The second-order valence-corrected chi connectivity index (χ2v) is 5.20. The summed E-state index contributed by atoms with van der Waals surface area (Å²) < 4.78 is 0. The zero-order valence-electron chi connectivity index (χ0n) is 12.0. The lowest BCUT2D eigenvalue weighted by Crippen LogP contribution is -2.51. The first-order valence-corrected chi connectivity index (χ1v) is 6.93. The minimum atomic E-state index is -0.362. The Morgan fingerprint density at radius 3 is 2.75 bits per heavy atom. The zero-order chi connectivity index (χ0) is 14.7. The number of rotatable bonds is 2. The summed E-state index contributed by atoms with van der Waals surface area (Å²) in [5.41, 5.74) is 7.91.